The Kier molecular flexibility index (Phi) is 5.39. The zero-order valence-electron chi connectivity index (χ0n) is 14.0. The number of urea groups is 1. The third kappa shape index (κ3) is 3.77. The van der Waals surface area contributed by atoms with Gasteiger partial charge in [0.15, 0.2) is 11.0 Å². The number of fused-ring (bicyclic) bond motifs is 1. The van der Waals surface area contributed by atoms with Crippen LogP contribution in [0, 0.1) is 0 Å². The molecule has 0 aliphatic rings. The highest BCUT2D eigenvalue weighted by Crippen LogP contribution is 2.28. The van der Waals surface area contributed by atoms with Gasteiger partial charge in [-0.1, -0.05) is 17.7 Å². The Labute approximate surface area is 160 Å². The van der Waals surface area contributed by atoms with E-state index >= 15 is 0 Å². The fourth-order valence-electron chi connectivity index (χ4n) is 2.19. The van der Waals surface area contributed by atoms with Gasteiger partial charge >= 0.3 is 6.03 Å². The Morgan fingerprint density at radius 1 is 1.26 bits per heavy atom. The average Bonchev–Trinajstić information content (AvgIpc) is 2.97. The predicted octanol–water partition coefficient (Wildman–Crippen LogP) is 1.63. The number of carbonyl (C=O) groups is 1. The molecule has 0 aliphatic heterocycles. The molecule has 2 amide bonds. The number of rotatable bonds is 5. The summed E-state index contributed by atoms with van der Waals surface area (Å²) in [5, 5.41) is 2.09. The van der Waals surface area contributed by atoms with E-state index in [1.165, 1.54) is 30.9 Å². The number of methoxy groups -OCH3 is 2. The molecule has 1 atom stereocenters. The minimum Gasteiger partial charge on any atom is -0.755 e. The summed E-state index contributed by atoms with van der Waals surface area (Å²) in [4.78, 5) is 24.5. The molecule has 0 radical (unpaired) electrons. The fraction of sp³-hybridized carbons (Fsp3) is 0.143. The molecule has 3 rings (SSSR count). The molecule has 1 N–H and O–H groups in total. The maximum Gasteiger partial charge on any atom is 0.341 e. The van der Waals surface area contributed by atoms with Gasteiger partial charge in [0.2, 0.25) is 17.7 Å². The normalized spacial score (nSPS) is 11.9. The van der Waals surface area contributed by atoms with E-state index in [1.54, 1.807) is 18.2 Å². The maximum absolute atomic E-state index is 12.6. The Bertz CT molecular complexity index is 1010. The summed E-state index contributed by atoms with van der Waals surface area (Å²) in [6.07, 6.45) is 1.52. The summed E-state index contributed by atoms with van der Waals surface area (Å²) in [5.74, 6) is -0.163. The largest absolute Gasteiger partial charge is 0.755 e. The van der Waals surface area contributed by atoms with E-state index < -0.39 is 17.3 Å². The van der Waals surface area contributed by atoms with Crippen molar-refractivity contribution < 1.29 is 23.0 Å². The van der Waals surface area contributed by atoms with Crippen molar-refractivity contribution in [3.05, 3.63) is 35.6 Å². The van der Waals surface area contributed by atoms with Gasteiger partial charge in [-0.05, 0) is 12.1 Å². The molecule has 13 heteroatoms. The topological polar surface area (TPSA) is 134 Å². The Morgan fingerprint density at radius 2 is 1.93 bits per heavy atom. The molecule has 3 aromatic rings. The van der Waals surface area contributed by atoms with Crippen molar-refractivity contribution in [2.45, 2.75) is 0 Å². The number of ether oxygens (including phenoxy) is 2. The van der Waals surface area contributed by atoms with Crippen molar-refractivity contribution in [1.29, 1.82) is 0 Å². The first-order chi connectivity index (χ1) is 12.9. The van der Waals surface area contributed by atoms with Crippen LogP contribution in [0.2, 0.25) is 5.15 Å². The minimum absolute atomic E-state index is 0.111. The number of pyridine rings is 1. The fourth-order valence-corrected chi connectivity index (χ4v) is 2.99. The quantitative estimate of drug-likeness (QED) is 0.626. The molecule has 27 heavy (non-hydrogen) atoms. The lowest BCUT2D eigenvalue weighted by atomic mass is 10.5. The van der Waals surface area contributed by atoms with Gasteiger partial charge in [0.1, 0.15) is 5.65 Å². The Hall–Kier alpha value is -2.96. The second-order valence-corrected chi connectivity index (χ2v) is 6.03. The van der Waals surface area contributed by atoms with Crippen molar-refractivity contribution in [2.75, 3.05) is 23.8 Å². The number of imidazole rings is 1. The van der Waals surface area contributed by atoms with Gasteiger partial charge in [-0.3, -0.25) is 13.9 Å². The molecule has 1 unspecified atom stereocenters. The lowest BCUT2D eigenvalue weighted by Gasteiger charge is -2.23. The van der Waals surface area contributed by atoms with Crippen molar-refractivity contribution in [3.8, 4) is 11.8 Å². The highest BCUT2D eigenvalue weighted by molar-refractivity contribution is 7.81. The van der Waals surface area contributed by atoms with Crippen molar-refractivity contribution in [1.82, 2.24) is 19.4 Å². The number of carbonyl (C=O) groups excluding carboxylic acids is 1. The van der Waals surface area contributed by atoms with E-state index in [2.05, 4.69) is 20.3 Å². The van der Waals surface area contributed by atoms with Gasteiger partial charge < -0.3 is 14.0 Å². The van der Waals surface area contributed by atoms with E-state index in [1.807, 2.05) is 0 Å². The lowest BCUT2D eigenvalue weighted by Crippen LogP contribution is -2.37. The molecule has 0 fully saturated rings. The molecule has 0 aliphatic carbocycles. The molecular weight excluding hydrogens is 400 g/mol. The van der Waals surface area contributed by atoms with Gasteiger partial charge in [0, 0.05) is 6.20 Å². The van der Waals surface area contributed by atoms with Crippen molar-refractivity contribution in [3.63, 3.8) is 0 Å². The van der Waals surface area contributed by atoms with Crippen LogP contribution < -0.4 is 19.1 Å². The summed E-state index contributed by atoms with van der Waals surface area (Å²) in [6.45, 7) is 0. The predicted molar refractivity (Wildman–Crippen MR) is 95.8 cm³/mol. The molecule has 3 aromatic heterocycles. The molecule has 142 valence electrons. The summed E-state index contributed by atoms with van der Waals surface area (Å²) in [5.41, 5.74) is 0.361. The summed E-state index contributed by atoms with van der Waals surface area (Å²) in [7, 11) is 2.73. The lowest BCUT2D eigenvalue weighted by molar-refractivity contribution is 0.259. The number of nitrogens with zero attached hydrogens (tertiary/aromatic N) is 5. The number of amides is 2. The number of hydrogen-bond donors (Lipinski definition) is 1. The van der Waals surface area contributed by atoms with Crippen LogP contribution in [0.5, 0.6) is 11.8 Å². The first-order valence-electron chi connectivity index (χ1n) is 7.24. The van der Waals surface area contributed by atoms with Crippen LogP contribution in [0.15, 0.2) is 30.5 Å². The highest BCUT2D eigenvalue weighted by Gasteiger charge is 2.25. The van der Waals surface area contributed by atoms with Gasteiger partial charge in [0.25, 0.3) is 0 Å². The van der Waals surface area contributed by atoms with Gasteiger partial charge in [-0.25, -0.2) is 14.1 Å². The molecule has 0 spiro atoms. The average molecular weight is 412 g/mol. The first-order valence-corrected chi connectivity index (χ1v) is 8.65. The molecule has 11 nitrogen and oxygen atoms in total. The summed E-state index contributed by atoms with van der Waals surface area (Å²) >= 11 is 3.04. The number of aromatic nitrogens is 4. The van der Waals surface area contributed by atoms with Gasteiger partial charge in [-0.15, -0.1) is 0 Å². The summed E-state index contributed by atoms with van der Waals surface area (Å²) < 4.78 is 35.2. The smallest absolute Gasteiger partial charge is 0.341 e. The first kappa shape index (κ1) is 18.8. The van der Waals surface area contributed by atoms with Crippen molar-refractivity contribution >= 4 is 46.3 Å². The van der Waals surface area contributed by atoms with Crippen LogP contribution in [0.25, 0.3) is 5.65 Å². The zero-order chi connectivity index (χ0) is 19.6. The zero-order valence-corrected chi connectivity index (χ0v) is 15.5. The highest BCUT2D eigenvalue weighted by atomic mass is 35.5. The Balaban J connectivity index is 2.00. The van der Waals surface area contributed by atoms with Crippen LogP contribution >= 0.6 is 11.6 Å². The van der Waals surface area contributed by atoms with Crippen LogP contribution in [0.3, 0.4) is 0 Å². The number of halogens is 1. The van der Waals surface area contributed by atoms with E-state index in [0.29, 0.717) is 9.95 Å². The molecule has 0 saturated heterocycles. The second-order valence-electron chi connectivity index (χ2n) is 4.87. The second kappa shape index (κ2) is 7.73. The van der Waals surface area contributed by atoms with E-state index in [9.17, 15) is 13.6 Å². The minimum atomic E-state index is -3.01. The van der Waals surface area contributed by atoms with Crippen LogP contribution in [0.4, 0.5) is 16.6 Å². The monoisotopic (exact) mass is 411 g/mol. The van der Waals surface area contributed by atoms with Gasteiger partial charge in [0.05, 0.1) is 31.6 Å². The standard InChI is InChI=1S/C14H13ClN6O5S/c1-25-9-7-10(26-2)18-13(17-9)19-14(22)21(27(23)24)12-11(15)16-8-5-3-4-6-20(8)12/h3-7H,1-2H3,(H,23,24)(H,17,18,19,22)/p-1. The number of anilines is 2. The van der Waals surface area contributed by atoms with Crippen LogP contribution in [-0.4, -0.2) is 48.4 Å². The Morgan fingerprint density at radius 3 is 2.52 bits per heavy atom. The van der Waals surface area contributed by atoms with Crippen LogP contribution in [0.1, 0.15) is 0 Å². The van der Waals surface area contributed by atoms with E-state index in [0.717, 1.165) is 0 Å². The van der Waals surface area contributed by atoms with Crippen molar-refractivity contribution in [2.24, 2.45) is 0 Å². The molecule has 0 aromatic carbocycles. The SMILES string of the molecule is COc1cc(OC)nc(NC(=O)N(c2c(Cl)nc3ccccn23)S(=O)[O-])n1. The molecule has 0 saturated carbocycles. The van der Waals surface area contributed by atoms with E-state index in [-0.39, 0.29) is 28.7 Å². The molecule has 3 heterocycles. The maximum atomic E-state index is 12.6. The molecular formula is C14H12ClN6O5S-. The van der Waals surface area contributed by atoms with Gasteiger partial charge in [-0.2, -0.15) is 9.97 Å². The third-order valence-electron chi connectivity index (χ3n) is 3.31. The van der Waals surface area contributed by atoms with Crippen LogP contribution in [-0.2, 0) is 11.3 Å². The number of hydrogen-bond acceptors (Lipinski definition) is 8. The number of nitrogens with one attached hydrogen (secondary N) is 1. The summed E-state index contributed by atoms with van der Waals surface area (Å²) in [6, 6.07) is 5.24. The van der Waals surface area contributed by atoms with E-state index in [4.69, 9.17) is 21.1 Å². The third-order valence-corrected chi connectivity index (χ3v) is 4.20. The molecule has 0 bridgehead atoms.